The van der Waals surface area contributed by atoms with E-state index in [1.807, 2.05) is 19.9 Å². The molecule has 5 rings (SSSR count). The maximum absolute atomic E-state index is 12.7. The van der Waals surface area contributed by atoms with Crippen LogP contribution in [0.4, 0.5) is 5.82 Å². The third kappa shape index (κ3) is 6.01. The second-order valence-electron chi connectivity index (χ2n) is 10.5. The summed E-state index contributed by atoms with van der Waals surface area (Å²) < 4.78 is 12.6. The van der Waals surface area contributed by atoms with E-state index >= 15 is 0 Å². The highest BCUT2D eigenvalue weighted by Crippen LogP contribution is 2.43. The number of aryl methyl sites for hydroxylation is 2. The van der Waals surface area contributed by atoms with Crippen LogP contribution in [0.15, 0.2) is 22.2 Å². The number of hydrogen-bond acceptors (Lipinski definition) is 10. The number of nitrogens with one attached hydrogen (secondary N) is 1. The molecule has 224 valence electrons. The summed E-state index contributed by atoms with van der Waals surface area (Å²) >= 11 is 8.14. The fourth-order valence-corrected chi connectivity index (χ4v) is 6.78. The monoisotopic (exact) mass is 625 g/mol. The molecule has 2 saturated heterocycles. The Labute approximate surface area is 255 Å². The van der Waals surface area contributed by atoms with Crippen molar-refractivity contribution in [2.45, 2.75) is 62.3 Å². The quantitative estimate of drug-likeness (QED) is 0.320. The number of pyridine rings is 1. The first kappa shape index (κ1) is 31.7. The Morgan fingerprint density at radius 3 is 2.66 bits per heavy atom. The van der Waals surface area contributed by atoms with Gasteiger partial charge in [-0.3, -0.25) is 9.20 Å². The van der Waals surface area contributed by atoms with Gasteiger partial charge in [0, 0.05) is 49.3 Å². The van der Waals surface area contributed by atoms with Gasteiger partial charge in [0.2, 0.25) is 0 Å². The molecule has 0 radical (unpaired) electrons. The molecule has 0 unspecified atom stereocenters. The average molecular weight is 627 g/mol. The minimum Gasteiger partial charge on any atom is -0.390 e. The highest BCUT2D eigenvalue weighted by Gasteiger charge is 2.47. The molecular weight excluding hydrogens is 589 g/mol. The van der Waals surface area contributed by atoms with Gasteiger partial charge in [0.15, 0.2) is 11.5 Å². The van der Waals surface area contributed by atoms with Gasteiger partial charge < -0.3 is 30.5 Å². The molecule has 1 amide bonds. The number of nitrogens with zero attached hydrogens (tertiary/aromatic N) is 5. The van der Waals surface area contributed by atoms with Crippen molar-refractivity contribution in [3.05, 3.63) is 40.1 Å². The number of halogens is 2. The van der Waals surface area contributed by atoms with Crippen molar-refractivity contribution in [3.8, 4) is 0 Å². The molecule has 4 N–H and O–H groups in total. The van der Waals surface area contributed by atoms with E-state index in [-0.39, 0.29) is 42.5 Å². The van der Waals surface area contributed by atoms with Crippen LogP contribution in [0.3, 0.4) is 0 Å². The summed E-state index contributed by atoms with van der Waals surface area (Å²) in [6.07, 6.45) is 3.67. The SMILES string of the molecule is COCCNC(=O)c1c(C)nc2c(Cl)c(Sc3nc(CO)c(N4CCC5(CC4)CO[C@@H](C)[C@H]5N)nc3C)ccn12.Cl. The van der Waals surface area contributed by atoms with Gasteiger partial charge in [-0.15, -0.1) is 12.4 Å². The van der Waals surface area contributed by atoms with Gasteiger partial charge in [-0.2, -0.15) is 0 Å². The Bertz CT molecular complexity index is 1410. The number of imidazole rings is 1. The number of aliphatic hydroxyl groups is 1. The van der Waals surface area contributed by atoms with Gasteiger partial charge >= 0.3 is 0 Å². The lowest BCUT2D eigenvalue weighted by Gasteiger charge is -2.42. The van der Waals surface area contributed by atoms with Crippen LogP contribution in [-0.4, -0.2) is 82.5 Å². The zero-order valence-corrected chi connectivity index (χ0v) is 26.0. The van der Waals surface area contributed by atoms with Gasteiger partial charge in [-0.05, 0) is 39.7 Å². The normalized spacial score (nSPS) is 20.0. The molecule has 3 aromatic rings. The zero-order chi connectivity index (χ0) is 28.6. The fraction of sp³-hybridized carbons (Fsp3) is 0.556. The first-order valence-corrected chi connectivity index (χ1v) is 14.6. The molecule has 41 heavy (non-hydrogen) atoms. The number of hydrogen-bond donors (Lipinski definition) is 3. The van der Waals surface area contributed by atoms with Crippen LogP contribution < -0.4 is 16.0 Å². The number of anilines is 1. The fourth-order valence-electron chi connectivity index (χ4n) is 5.60. The van der Waals surface area contributed by atoms with E-state index in [0.29, 0.717) is 58.4 Å². The standard InChI is InChI=1S/C27H36ClN7O4S.ClH/c1-15-21(25(37)30-8-12-38-4)35-9-5-19(20(28)24(35)31-15)40-26-16(2)32-23(18(13-36)33-26)34-10-6-27(7-11-34)14-39-17(3)22(27)29;/h5,9,17,22,36H,6-8,10-14,29H2,1-4H3,(H,30,37);1H/t17-,22+;/m0./s1. The molecule has 3 aromatic heterocycles. The molecule has 2 fully saturated rings. The first-order valence-electron chi connectivity index (χ1n) is 13.4. The van der Waals surface area contributed by atoms with Crippen LogP contribution in [0.2, 0.25) is 5.02 Å². The second kappa shape index (κ2) is 13.0. The van der Waals surface area contributed by atoms with Gasteiger partial charge in [0.1, 0.15) is 16.4 Å². The van der Waals surface area contributed by atoms with Gasteiger partial charge in [0.05, 0.1) is 42.3 Å². The maximum Gasteiger partial charge on any atom is 0.270 e. The lowest BCUT2D eigenvalue weighted by atomic mass is 9.73. The van der Waals surface area contributed by atoms with Crippen LogP contribution in [0.5, 0.6) is 0 Å². The minimum atomic E-state index is -0.246. The smallest absolute Gasteiger partial charge is 0.270 e. The Balaban J connectivity index is 0.00000387. The summed E-state index contributed by atoms with van der Waals surface area (Å²) in [6.45, 7) is 8.55. The largest absolute Gasteiger partial charge is 0.390 e. The molecular formula is C27H37Cl2N7O4S. The summed E-state index contributed by atoms with van der Waals surface area (Å²) in [5, 5.41) is 14.1. The number of ether oxygens (including phenoxy) is 2. The number of piperidine rings is 1. The number of amides is 1. The van der Waals surface area contributed by atoms with E-state index in [0.717, 1.165) is 36.5 Å². The van der Waals surface area contributed by atoms with E-state index in [1.54, 1.807) is 24.6 Å². The van der Waals surface area contributed by atoms with Crippen molar-refractivity contribution in [1.82, 2.24) is 24.7 Å². The van der Waals surface area contributed by atoms with E-state index in [2.05, 4.69) is 15.2 Å². The molecule has 2 atom stereocenters. The van der Waals surface area contributed by atoms with Crippen molar-refractivity contribution in [3.63, 3.8) is 0 Å². The molecule has 0 aromatic carbocycles. The third-order valence-corrected chi connectivity index (χ3v) is 9.64. The van der Waals surface area contributed by atoms with Gasteiger partial charge in [-0.1, -0.05) is 23.4 Å². The number of carbonyl (C=O) groups excluding carboxylic acids is 1. The molecule has 0 bridgehead atoms. The summed E-state index contributed by atoms with van der Waals surface area (Å²) in [5.74, 6) is 0.457. The maximum atomic E-state index is 12.7. The number of nitrogens with two attached hydrogens (primary N) is 1. The Hall–Kier alpha value is -2.19. The predicted octanol–water partition coefficient (Wildman–Crippen LogP) is 3.17. The van der Waals surface area contributed by atoms with Gasteiger partial charge in [0.25, 0.3) is 5.91 Å². The van der Waals surface area contributed by atoms with Crippen LogP contribution in [0, 0.1) is 19.3 Å². The zero-order valence-electron chi connectivity index (χ0n) is 23.6. The summed E-state index contributed by atoms with van der Waals surface area (Å²) in [4.78, 5) is 29.9. The Morgan fingerprint density at radius 1 is 1.29 bits per heavy atom. The molecule has 0 saturated carbocycles. The molecule has 14 heteroatoms. The Morgan fingerprint density at radius 2 is 2.02 bits per heavy atom. The van der Waals surface area contributed by atoms with Crippen LogP contribution in [0.25, 0.3) is 5.65 Å². The van der Waals surface area contributed by atoms with Gasteiger partial charge in [-0.25, -0.2) is 15.0 Å². The molecule has 11 nitrogen and oxygen atoms in total. The van der Waals surface area contributed by atoms with Crippen molar-refractivity contribution in [2.75, 3.05) is 44.9 Å². The molecule has 2 aliphatic heterocycles. The average Bonchev–Trinajstić information content (AvgIpc) is 3.43. The number of methoxy groups -OCH3 is 1. The number of aliphatic hydroxyl groups excluding tert-OH is 1. The lowest BCUT2D eigenvalue weighted by molar-refractivity contribution is 0.0930. The van der Waals surface area contributed by atoms with E-state index < -0.39 is 0 Å². The highest BCUT2D eigenvalue weighted by molar-refractivity contribution is 7.99. The van der Waals surface area contributed by atoms with Crippen LogP contribution in [0.1, 0.15) is 47.3 Å². The number of fused-ring (bicyclic) bond motifs is 1. The van der Waals surface area contributed by atoms with Crippen LogP contribution in [-0.2, 0) is 16.1 Å². The van der Waals surface area contributed by atoms with Crippen molar-refractivity contribution < 1.29 is 19.4 Å². The summed E-state index contributed by atoms with van der Waals surface area (Å²) in [5.41, 5.74) is 9.23. The van der Waals surface area contributed by atoms with Crippen molar-refractivity contribution in [1.29, 1.82) is 0 Å². The van der Waals surface area contributed by atoms with Crippen molar-refractivity contribution in [2.24, 2.45) is 11.1 Å². The second-order valence-corrected chi connectivity index (χ2v) is 11.9. The number of rotatable bonds is 8. The summed E-state index contributed by atoms with van der Waals surface area (Å²) in [6, 6.07) is 1.86. The molecule has 1 spiro atoms. The van der Waals surface area contributed by atoms with E-state index in [4.69, 9.17) is 36.8 Å². The predicted molar refractivity (Wildman–Crippen MR) is 160 cm³/mol. The van der Waals surface area contributed by atoms with E-state index in [9.17, 15) is 9.90 Å². The molecule has 5 heterocycles. The minimum absolute atomic E-state index is 0. The highest BCUT2D eigenvalue weighted by atomic mass is 35.5. The number of carbonyl (C=O) groups is 1. The van der Waals surface area contributed by atoms with E-state index in [1.165, 1.54) is 11.8 Å². The van der Waals surface area contributed by atoms with Crippen molar-refractivity contribution >= 4 is 53.1 Å². The first-order chi connectivity index (χ1) is 19.2. The van der Waals surface area contributed by atoms with Crippen LogP contribution >= 0.6 is 35.8 Å². The number of aromatic nitrogens is 4. The lowest BCUT2D eigenvalue weighted by Crippen LogP contribution is -2.51. The topological polar surface area (TPSA) is 140 Å². The summed E-state index contributed by atoms with van der Waals surface area (Å²) in [7, 11) is 1.58. The molecule has 0 aliphatic carbocycles. The molecule has 2 aliphatic rings. The third-order valence-electron chi connectivity index (χ3n) is 8.02. The Kier molecular flexibility index (Phi) is 10.1.